The van der Waals surface area contributed by atoms with Crippen LogP contribution in [0.25, 0.3) is 0 Å². The Morgan fingerprint density at radius 2 is 2.23 bits per heavy atom. The van der Waals surface area contributed by atoms with E-state index >= 15 is 0 Å². The van der Waals surface area contributed by atoms with Gasteiger partial charge >= 0.3 is 6.09 Å². The average Bonchev–Trinajstić information content (AvgIpc) is 2.49. The fourth-order valence-corrected chi connectivity index (χ4v) is 1.63. The first-order chi connectivity index (χ1) is 6.34. The van der Waals surface area contributed by atoms with Crippen molar-refractivity contribution in [3.05, 3.63) is 0 Å². The molecule has 0 aromatic rings. The van der Waals surface area contributed by atoms with Gasteiger partial charge in [-0.05, 0) is 32.2 Å². The van der Waals surface area contributed by atoms with Crippen LogP contribution in [0.3, 0.4) is 0 Å². The van der Waals surface area contributed by atoms with E-state index in [1.54, 1.807) is 0 Å². The van der Waals surface area contributed by atoms with Gasteiger partial charge in [0.25, 0.3) is 0 Å². The molecule has 4 nitrogen and oxygen atoms in total. The molecule has 74 valence electrons. The first-order valence-electron chi connectivity index (χ1n) is 5.02. The Morgan fingerprint density at radius 3 is 2.77 bits per heavy atom. The van der Waals surface area contributed by atoms with Crippen LogP contribution in [0, 0.1) is 0 Å². The smallest absolute Gasteiger partial charge is 0.407 e. The summed E-state index contributed by atoms with van der Waals surface area (Å²) in [5, 5.41) is 6.01. The number of nitrogens with one attached hydrogen (secondary N) is 2. The Labute approximate surface area is 78.0 Å². The van der Waals surface area contributed by atoms with E-state index in [2.05, 4.69) is 10.6 Å². The maximum atomic E-state index is 11.2. The molecule has 2 fully saturated rings. The largest absolute Gasteiger partial charge is 0.445 e. The Bertz CT molecular complexity index is 186. The Morgan fingerprint density at radius 1 is 1.38 bits per heavy atom. The van der Waals surface area contributed by atoms with Crippen LogP contribution in [0.4, 0.5) is 4.79 Å². The zero-order valence-electron chi connectivity index (χ0n) is 7.71. The SMILES string of the molecule is O=C(NC1CCC1)OC1CCNC1. The molecule has 1 amide bonds. The second-order valence-corrected chi connectivity index (χ2v) is 3.79. The van der Waals surface area contributed by atoms with E-state index in [9.17, 15) is 4.79 Å². The molecule has 0 aromatic carbocycles. The normalized spacial score (nSPS) is 28.2. The molecule has 2 aliphatic rings. The van der Waals surface area contributed by atoms with Crippen molar-refractivity contribution in [2.75, 3.05) is 13.1 Å². The molecule has 0 radical (unpaired) electrons. The lowest BCUT2D eigenvalue weighted by atomic mass is 9.93. The Hall–Kier alpha value is -0.770. The number of hydrogen-bond donors (Lipinski definition) is 2. The molecular weight excluding hydrogens is 168 g/mol. The summed E-state index contributed by atoms with van der Waals surface area (Å²) in [7, 11) is 0. The first kappa shape index (κ1) is 8.81. The van der Waals surface area contributed by atoms with Crippen molar-refractivity contribution in [2.45, 2.75) is 37.8 Å². The lowest BCUT2D eigenvalue weighted by Crippen LogP contribution is -2.41. The lowest BCUT2D eigenvalue weighted by Gasteiger charge is -2.26. The predicted molar refractivity (Wildman–Crippen MR) is 48.5 cm³/mol. The third kappa shape index (κ3) is 2.34. The van der Waals surface area contributed by atoms with Crippen LogP contribution in [0.1, 0.15) is 25.7 Å². The minimum Gasteiger partial charge on any atom is -0.445 e. The average molecular weight is 184 g/mol. The van der Waals surface area contributed by atoms with Crippen molar-refractivity contribution in [3.63, 3.8) is 0 Å². The summed E-state index contributed by atoms with van der Waals surface area (Å²) < 4.78 is 5.21. The van der Waals surface area contributed by atoms with E-state index in [1.165, 1.54) is 6.42 Å². The Balaban J connectivity index is 1.64. The minimum absolute atomic E-state index is 0.0834. The molecule has 2 N–H and O–H groups in total. The van der Waals surface area contributed by atoms with Gasteiger partial charge < -0.3 is 15.4 Å². The molecule has 0 spiro atoms. The molecule has 0 aromatic heterocycles. The van der Waals surface area contributed by atoms with Gasteiger partial charge in [-0.15, -0.1) is 0 Å². The number of rotatable bonds is 2. The van der Waals surface area contributed by atoms with E-state index < -0.39 is 0 Å². The van der Waals surface area contributed by atoms with Gasteiger partial charge in [0.1, 0.15) is 6.10 Å². The van der Waals surface area contributed by atoms with Crippen LogP contribution >= 0.6 is 0 Å². The van der Waals surface area contributed by atoms with Crippen molar-refractivity contribution in [3.8, 4) is 0 Å². The molecule has 4 heteroatoms. The molecule has 1 saturated carbocycles. The molecule has 0 bridgehead atoms. The van der Waals surface area contributed by atoms with E-state index in [0.29, 0.717) is 6.04 Å². The Kier molecular flexibility index (Phi) is 2.68. The predicted octanol–water partition coefficient (Wildman–Crippen LogP) is 0.627. The lowest BCUT2D eigenvalue weighted by molar-refractivity contribution is 0.0998. The summed E-state index contributed by atoms with van der Waals surface area (Å²) in [6, 6.07) is 0.377. The van der Waals surface area contributed by atoms with Gasteiger partial charge in [-0.25, -0.2) is 4.79 Å². The fraction of sp³-hybridized carbons (Fsp3) is 0.889. The second-order valence-electron chi connectivity index (χ2n) is 3.79. The number of ether oxygens (including phenoxy) is 1. The monoisotopic (exact) mass is 184 g/mol. The van der Waals surface area contributed by atoms with Crippen LogP contribution in [-0.4, -0.2) is 31.3 Å². The summed E-state index contributed by atoms with van der Waals surface area (Å²) >= 11 is 0. The number of amides is 1. The van der Waals surface area contributed by atoms with Crippen molar-refractivity contribution < 1.29 is 9.53 Å². The molecule has 1 heterocycles. The van der Waals surface area contributed by atoms with Crippen LogP contribution in [0.2, 0.25) is 0 Å². The van der Waals surface area contributed by atoms with Crippen LogP contribution in [-0.2, 0) is 4.74 Å². The van der Waals surface area contributed by atoms with Gasteiger partial charge in [0.2, 0.25) is 0 Å². The molecule has 2 rings (SSSR count). The van der Waals surface area contributed by atoms with Crippen LogP contribution in [0.15, 0.2) is 0 Å². The van der Waals surface area contributed by atoms with E-state index in [-0.39, 0.29) is 12.2 Å². The highest BCUT2D eigenvalue weighted by Crippen LogP contribution is 2.18. The van der Waals surface area contributed by atoms with Crippen molar-refractivity contribution in [1.29, 1.82) is 0 Å². The molecule has 1 aliphatic carbocycles. The maximum Gasteiger partial charge on any atom is 0.407 e. The molecule has 1 aliphatic heterocycles. The summed E-state index contributed by atoms with van der Waals surface area (Å²) in [5.74, 6) is 0. The highest BCUT2D eigenvalue weighted by Gasteiger charge is 2.23. The van der Waals surface area contributed by atoms with Crippen molar-refractivity contribution in [1.82, 2.24) is 10.6 Å². The standard InChI is InChI=1S/C9H16N2O2/c12-9(11-7-2-1-3-7)13-8-4-5-10-6-8/h7-8,10H,1-6H2,(H,11,12). The van der Waals surface area contributed by atoms with E-state index in [0.717, 1.165) is 32.4 Å². The highest BCUT2D eigenvalue weighted by molar-refractivity contribution is 5.68. The fourth-order valence-electron chi connectivity index (χ4n) is 1.63. The molecule has 1 saturated heterocycles. The van der Waals surface area contributed by atoms with Crippen LogP contribution < -0.4 is 10.6 Å². The summed E-state index contributed by atoms with van der Waals surface area (Å²) in [5.41, 5.74) is 0. The van der Waals surface area contributed by atoms with Gasteiger partial charge in [-0.3, -0.25) is 0 Å². The summed E-state index contributed by atoms with van der Waals surface area (Å²) in [6.45, 7) is 1.76. The quantitative estimate of drug-likeness (QED) is 0.661. The van der Waals surface area contributed by atoms with E-state index in [1.807, 2.05) is 0 Å². The highest BCUT2D eigenvalue weighted by atomic mass is 16.6. The van der Waals surface area contributed by atoms with Crippen molar-refractivity contribution >= 4 is 6.09 Å². The maximum absolute atomic E-state index is 11.2. The summed E-state index contributed by atoms with van der Waals surface area (Å²) in [4.78, 5) is 11.2. The zero-order chi connectivity index (χ0) is 9.10. The number of hydrogen-bond acceptors (Lipinski definition) is 3. The molecular formula is C9H16N2O2. The third-order valence-electron chi connectivity index (χ3n) is 2.72. The van der Waals surface area contributed by atoms with Gasteiger partial charge in [0, 0.05) is 12.6 Å². The van der Waals surface area contributed by atoms with Gasteiger partial charge in [0.15, 0.2) is 0 Å². The molecule has 1 atom stereocenters. The number of carbonyl (C=O) groups is 1. The number of carbonyl (C=O) groups excluding carboxylic acids is 1. The van der Waals surface area contributed by atoms with E-state index in [4.69, 9.17) is 4.74 Å². The third-order valence-corrected chi connectivity index (χ3v) is 2.72. The molecule has 1 unspecified atom stereocenters. The molecule has 13 heavy (non-hydrogen) atoms. The second kappa shape index (κ2) is 3.96. The summed E-state index contributed by atoms with van der Waals surface area (Å²) in [6.07, 6.45) is 4.24. The van der Waals surface area contributed by atoms with Gasteiger partial charge in [-0.1, -0.05) is 0 Å². The number of alkyl carbamates (subject to hydrolysis) is 1. The van der Waals surface area contributed by atoms with Crippen LogP contribution in [0.5, 0.6) is 0 Å². The topological polar surface area (TPSA) is 50.4 Å². The zero-order valence-corrected chi connectivity index (χ0v) is 7.71. The van der Waals surface area contributed by atoms with Crippen molar-refractivity contribution in [2.24, 2.45) is 0 Å². The first-order valence-corrected chi connectivity index (χ1v) is 5.02. The van der Waals surface area contributed by atoms with Gasteiger partial charge in [0.05, 0.1) is 0 Å². The van der Waals surface area contributed by atoms with Gasteiger partial charge in [-0.2, -0.15) is 0 Å². The minimum atomic E-state index is -0.238.